The molecular formula is C8H18N2OS2. The smallest absolute Gasteiger partial charge is 0.0645 e. The zero-order chi connectivity index (χ0) is 9.73. The van der Waals surface area contributed by atoms with E-state index < -0.39 is 9.73 Å². The van der Waals surface area contributed by atoms with Crippen molar-refractivity contribution in [2.75, 3.05) is 36.6 Å². The molecule has 0 aromatic heterocycles. The standard InChI is InChI=1S/C8H18N2OS2/c1-3-13(2,11)10-6-8-7-12-5-4-9-8/h8-9H,3-7H2,1-2H3. The van der Waals surface area contributed by atoms with Crippen molar-refractivity contribution in [3.63, 3.8) is 0 Å². The van der Waals surface area contributed by atoms with Gasteiger partial charge in [0, 0.05) is 45.8 Å². The van der Waals surface area contributed by atoms with E-state index in [0.717, 1.165) is 12.3 Å². The maximum Gasteiger partial charge on any atom is 0.0645 e. The van der Waals surface area contributed by atoms with Gasteiger partial charge in [0.05, 0.1) is 6.54 Å². The van der Waals surface area contributed by atoms with Crippen LogP contribution in [0.1, 0.15) is 6.92 Å². The molecule has 0 bridgehead atoms. The lowest BCUT2D eigenvalue weighted by Crippen LogP contribution is -2.39. The van der Waals surface area contributed by atoms with Gasteiger partial charge in [0.1, 0.15) is 0 Å². The van der Waals surface area contributed by atoms with Gasteiger partial charge in [-0.05, 0) is 0 Å². The highest BCUT2D eigenvalue weighted by molar-refractivity contribution is 7.99. The SMILES string of the molecule is CCS(C)(=O)=NCC1CSCCN1. The largest absolute Gasteiger partial charge is 0.311 e. The highest BCUT2D eigenvalue weighted by atomic mass is 32.2. The van der Waals surface area contributed by atoms with Crippen LogP contribution in [-0.2, 0) is 9.73 Å². The Kier molecular flexibility index (Phi) is 4.55. The molecule has 1 aliphatic rings. The Hall–Kier alpha value is 0.260. The topological polar surface area (TPSA) is 41.5 Å². The Bertz CT molecular complexity index is 253. The molecule has 0 radical (unpaired) electrons. The first kappa shape index (κ1) is 11.3. The van der Waals surface area contributed by atoms with Gasteiger partial charge in [0.2, 0.25) is 0 Å². The highest BCUT2D eigenvalue weighted by Gasteiger charge is 2.12. The fraction of sp³-hybridized carbons (Fsp3) is 1.00. The fourth-order valence-electron chi connectivity index (χ4n) is 1.08. The molecule has 0 aromatic rings. The number of hydrogen-bond donors (Lipinski definition) is 1. The maximum atomic E-state index is 11.6. The average molecular weight is 222 g/mol. The van der Waals surface area contributed by atoms with Crippen LogP contribution in [0.4, 0.5) is 0 Å². The number of hydrogen-bond acceptors (Lipinski definition) is 4. The van der Waals surface area contributed by atoms with Gasteiger partial charge in [-0.1, -0.05) is 6.92 Å². The number of nitrogens with one attached hydrogen (secondary N) is 1. The van der Waals surface area contributed by atoms with Crippen molar-refractivity contribution < 1.29 is 4.21 Å². The summed E-state index contributed by atoms with van der Waals surface area (Å²) in [6.45, 7) is 3.69. The quantitative estimate of drug-likeness (QED) is 0.768. The van der Waals surface area contributed by atoms with Crippen LogP contribution in [0.2, 0.25) is 0 Å². The molecule has 2 unspecified atom stereocenters. The Morgan fingerprint density at radius 3 is 3.00 bits per heavy atom. The van der Waals surface area contributed by atoms with Crippen LogP contribution in [0, 0.1) is 0 Å². The van der Waals surface area contributed by atoms with Gasteiger partial charge in [-0.3, -0.25) is 4.21 Å². The zero-order valence-corrected chi connectivity index (χ0v) is 9.92. The van der Waals surface area contributed by atoms with Crippen LogP contribution in [0.3, 0.4) is 0 Å². The maximum absolute atomic E-state index is 11.6. The minimum atomic E-state index is -1.89. The van der Waals surface area contributed by atoms with Crippen LogP contribution in [0.5, 0.6) is 0 Å². The molecule has 0 amide bonds. The predicted octanol–water partition coefficient (Wildman–Crippen LogP) is 0.809. The lowest BCUT2D eigenvalue weighted by molar-refractivity contribution is 0.575. The number of rotatable bonds is 3. The third-order valence-corrected chi connectivity index (χ3v) is 5.00. The average Bonchev–Trinajstić information content (AvgIpc) is 2.17. The van der Waals surface area contributed by atoms with Gasteiger partial charge in [0.25, 0.3) is 0 Å². The normalized spacial score (nSPS) is 28.0. The van der Waals surface area contributed by atoms with Crippen molar-refractivity contribution >= 4 is 21.5 Å². The summed E-state index contributed by atoms with van der Waals surface area (Å²) in [5.41, 5.74) is 0. The lowest BCUT2D eigenvalue weighted by atomic mass is 10.3. The molecule has 1 rings (SSSR count). The van der Waals surface area contributed by atoms with Crippen molar-refractivity contribution in [1.29, 1.82) is 0 Å². The molecule has 0 aromatic carbocycles. The van der Waals surface area contributed by atoms with Crippen molar-refractivity contribution in [2.45, 2.75) is 13.0 Å². The molecule has 0 aliphatic carbocycles. The molecule has 78 valence electrons. The van der Waals surface area contributed by atoms with E-state index in [1.807, 2.05) is 18.7 Å². The molecule has 13 heavy (non-hydrogen) atoms. The van der Waals surface area contributed by atoms with Gasteiger partial charge in [-0.25, -0.2) is 4.36 Å². The minimum absolute atomic E-state index is 0.436. The molecule has 0 spiro atoms. The van der Waals surface area contributed by atoms with E-state index >= 15 is 0 Å². The Morgan fingerprint density at radius 2 is 2.46 bits per heavy atom. The molecule has 1 saturated heterocycles. The summed E-state index contributed by atoms with van der Waals surface area (Å²) in [6.07, 6.45) is 1.74. The highest BCUT2D eigenvalue weighted by Crippen LogP contribution is 2.08. The van der Waals surface area contributed by atoms with Crippen LogP contribution in [0.15, 0.2) is 4.36 Å². The second-order valence-corrected chi connectivity index (χ2v) is 7.19. The van der Waals surface area contributed by atoms with Crippen molar-refractivity contribution in [3.8, 4) is 0 Å². The van der Waals surface area contributed by atoms with Gasteiger partial charge in [0.15, 0.2) is 0 Å². The van der Waals surface area contributed by atoms with E-state index in [1.54, 1.807) is 6.26 Å². The molecule has 2 atom stereocenters. The Balaban J connectivity index is 2.40. The third-order valence-electron chi connectivity index (χ3n) is 2.10. The van der Waals surface area contributed by atoms with Crippen molar-refractivity contribution in [1.82, 2.24) is 5.32 Å². The Morgan fingerprint density at radius 1 is 1.69 bits per heavy atom. The first-order valence-corrected chi connectivity index (χ1v) is 7.85. The molecular weight excluding hydrogens is 204 g/mol. The minimum Gasteiger partial charge on any atom is -0.311 e. The van der Waals surface area contributed by atoms with Crippen LogP contribution in [0.25, 0.3) is 0 Å². The lowest BCUT2D eigenvalue weighted by Gasteiger charge is -2.21. The van der Waals surface area contributed by atoms with Crippen LogP contribution >= 0.6 is 11.8 Å². The van der Waals surface area contributed by atoms with Crippen LogP contribution < -0.4 is 5.32 Å². The van der Waals surface area contributed by atoms with Crippen molar-refractivity contribution in [3.05, 3.63) is 0 Å². The second kappa shape index (κ2) is 5.22. The van der Waals surface area contributed by atoms with E-state index in [9.17, 15) is 4.21 Å². The van der Waals surface area contributed by atoms with Gasteiger partial charge in [-0.15, -0.1) is 0 Å². The van der Waals surface area contributed by atoms with Crippen molar-refractivity contribution in [2.24, 2.45) is 4.36 Å². The van der Waals surface area contributed by atoms with E-state index in [1.165, 1.54) is 5.75 Å². The first-order valence-electron chi connectivity index (χ1n) is 4.61. The summed E-state index contributed by atoms with van der Waals surface area (Å²) in [5.74, 6) is 2.95. The summed E-state index contributed by atoms with van der Waals surface area (Å²) in [7, 11) is -1.89. The summed E-state index contributed by atoms with van der Waals surface area (Å²) >= 11 is 1.95. The monoisotopic (exact) mass is 222 g/mol. The third kappa shape index (κ3) is 4.33. The molecule has 3 nitrogen and oxygen atoms in total. The van der Waals surface area contributed by atoms with Crippen LogP contribution in [-0.4, -0.2) is 46.9 Å². The van der Waals surface area contributed by atoms with Gasteiger partial charge < -0.3 is 5.32 Å². The summed E-state index contributed by atoms with van der Waals surface area (Å²) in [5, 5.41) is 3.38. The van der Waals surface area contributed by atoms with E-state index in [0.29, 0.717) is 18.3 Å². The van der Waals surface area contributed by atoms with E-state index in [-0.39, 0.29) is 0 Å². The summed E-state index contributed by atoms with van der Waals surface area (Å²) in [6, 6.07) is 0.436. The summed E-state index contributed by atoms with van der Waals surface area (Å²) in [4.78, 5) is 0. The van der Waals surface area contributed by atoms with Gasteiger partial charge in [-0.2, -0.15) is 11.8 Å². The molecule has 1 aliphatic heterocycles. The molecule has 0 saturated carbocycles. The van der Waals surface area contributed by atoms with E-state index in [2.05, 4.69) is 9.68 Å². The molecule has 1 N–H and O–H groups in total. The number of nitrogens with zero attached hydrogens (tertiary/aromatic N) is 1. The summed E-state index contributed by atoms with van der Waals surface area (Å²) < 4.78 is 15.8. The molecule has 5 heteroatoms. The van der Waals surface area contributed by atoms with E-state index in [4.69, 9.17) is 0 Å². The fourth-order valence-corrected chi connectivity index (χ4v) is 2.69. The van der Waals surface area contributed by atoms with Gasteiger partial charge >= 0.3 is 0 Å². The second-order valence-electron chi connectivity index (χ2n) is 3.29. The predicted molar refractivity (Wildman–Crippen MR) is 61.0 cm³/mol. The molecule has 1 heterocycles. The first-order chi connectivity index (χ1) is 6.14. The Labute approximate surface area is 85.2 Å². The molecule has 1 fully saturated rings. The zero-order valence-electron chi connectivity index (χ0n) is 8.28. The number of thioether (sulfide) groups is 1.